The molecule has 1 aliphatic carbocycles. The third-order valence-corrected chi connectivity index (χ3v) is 5.24. The van der Waals surface area contributed by atoms with Crippen LogP contribution < -0.4 is 5.32 Å². The normalized spacial score (nSPS) is 19.5. The molecule has 0 aromatic heterocycles. The lowest BCUT2D eigenvalue weighted by Crippen LogP contribution is -2.43. The largest absolute Gasteiger partial charge is 0.314 e. The van der Waals surface area contributed by atoms with E-state index in [4.69, 9.17) is 11.6 Å². The Labute approximate surface area is 133 Å². The summed E-state index contributed by atoms with van der Waals surface area (Å²) in [6, 6.07) is 4.63. The zero-order chi connectivity index (χ0) is 14.5. The van der Waals surface area contributed by atoms with Crippen molar-refractivity contribution < 1.29 is 0 Å². The van der Waals surface area contributed by atoms with Crippen LogP contribution in [-0.4, -0.2) is 37.6 Å². The maximum atomic E-state index is 6.47. The molecular formula is C18H27ClN2. The molecule has 3 rings (SSSR count). The Bertz CT molecular complexity index is 467. The number of hydrogen-bond acceptors (Lipinski definition) is 2. The fourth-order valence-corrected chi connectivity index (χ4v) is 3.86. The average molecular weight is 307 g/mol. The molecule has 1 aliphatic heterocycles. The smallest absolute Gasteiger partial charge is 0.0440 e. The lowest BCUT2D eigenvalue weighted by atomic mass is 9.89. The monoisotopic (exact) mass is 306 g/mol. The van der Waals surface area contributed by atoms with Crippen molar-refractivity contribution in [2.45, 2.75) is 44.9 Å². The summed E-state index contributed by atoms with van der Waals surface area (Å²) >= 11 is 6.47. The molecule has 0 amide bonds. The molecule has 0 bridgehead atoms. The number of aryl methyl sites for hydroxylation is 3. The first-order valence-electron chi connectivity index (χ1n) is 8.56. The van der Waals surface area contributed by atoms with Crippen LogP contribution in [-0.2, 0) is 19.3 Å². The number of unbranched alkanes of at least 4 members (excludes halogenated alkanes) is 1. The van der Waals surface area contributed by atoms with Crippen LogP contribution in [0, 0.1) is 0 Å². The predicted octanol–water partition coefficient (Wildman–Crippen LogP) is 3.45. The summed E-state index contributed by atoms with van der Waals surface area (Å²) in [6.45, 7) is 5.96. The molecule has 3 heteroatoms. The molecule has 21 heavy (non-hydrogen) atoms. The minimum absolute atomic E-state index is 0.998. The van der Waals surface area contributed by atoms with Gasteiger partial charge in [-0.1, -0.05) is 17.7 Å². The molecule has 2 aliphatic rings. The fourth-order valence-electron chi connectivity index (χ4n) is 3.58. The van der Waals surface area contributed by atoms with E-state index in [0.29, 0.717) is 0 Å². The van der Waals surface area contributed by atoms with Gasteiger partial charge in [-0.25, -0.2) is 0 Å². The SMILES string of the molecule is Clc1cc2c(cc1CCCCN1CCNCC1)CCCC2. The molecule has 0 unspecified atom stereocenters. The Hall–Kier alpha value is -0.570. The van der Waals surface area contributed by atoms with Crippen LogP contribution in [0.1, 0.15) is 42.4 Å². The van der Waals surface area contributed by atoms with Gasteiger partial charge in [-0.05, 0) is 74.2 Å². The zero-order valence-corrected chi connectivity index (χ0v) is 13.7. The predicted molar refractivity (Wildman–Crippen MR) is 90.3 cm³/mol. The van der Waals surface area contributed by atoms with Crippen molar-refractivity contribution in [3.05, 3.63) is 33.8 Å². The molecule has 1 saturated heterocycles. The fraction of sp³-hybridized carbons (Fsp3) is 0.667. The highest BCUT2D eigenvalue weighted by atomic mass is 35.5. The van der Waals surface area contributed by atoms with Gasteiger partial charge in [0, 0.05) is 31.2 Å². The summed E-state index contributed by atoms with van der Waals surface area (Å²) < 4.78 is 0. The lowest BCUT2D eigenvalue weighted by molar-refractivity contribution is 0.237. The van der Waals surface area contributed by atoms with Crippen molar-refractivity contribution in [2.75, 3.05) is 32.7 Å². The number of hydrogen-bond donors (Lipinski definition) is 1. The van der Waals surface area contributed by atoms with Crippen LogP contribution in [0.4, 0.5) is 0 Å². The van der Waals surface area contributed by atoms with E-state index in [2.05, 4.69) is 22.3 Å². The molecule has 0 atom stereocenters. The van der Waals surface area contributed by atoms with E-state index in [1.807, 2.05) is 0 Å². The second kappa shape index (κ2) is 7.62. The summed E-state index contributed by atoms with van der Waals surface area (Å²) in [5.74, 6) is 0. The molecule has 1 aromatic rings. The molecule has 1 N–H and O–H groups in total. The van der Waals surface area contributed by atoms with Crippen molar-refractivity contribution >= 4 is 11.6 Å². The van der Waals surface area contributed by atoms with Crippen LogP contribution >= 0.6 is 11.6 Å². The third-order valence-electron chi connectivity index (χ3n) is 4.89. The Morgan fingerprint density at radius 1 is 1.00 bits per heavy atom. The summed E-state index contributed by atoms with van der Waals surface area (Å²) in [6.07, 6.45) is 8.82. The first-order chi connectivity index (χ1) is 10.3. The maximum Gasteiger partial charge on any atom is 0.0440 e. The van der Waals surface area contributed by atoms with E-state index in [-0.39, 0.29) is 0 Å². The van der Waals surface area contributed by atoms with Gasteiger partial charge in [-0.3, -0.25) is 0 Å². The third kappa shape index (κ3) is 4.21. The summed E-state index contributed by atoms with van der Waals surface area (Å²) in [7, 11) is 0. The van der Waals surface area contributed by atoms with E-state index in [1.165, 1.54) is 69.3 Å². The highest BCUT2D eigenvalue weighted by molar-refractivity contribution is 6.31. The number of benzene rings is 1. The molecule has 1 aromatic carbocycles. The molecule has 0 saturated carbocycles. The van der Waals surface area contributed by atoms with Gasteiger partial charge in [0.1, 0.15) is 0 Å². The number of nitrogens with zero attached hydrogens (tertiary/aromatic N) is 1. The molecule has 116 valence electrons. The van der Waals surface area contributed by atoms with Crippen LogP contribution in [0.15, 0.2) is 12.1 Å². The number of fused-ring (bicyclic) bond motifs is 1. The van der Waals surface area contributed by atoms with Crippen LogP contribution in [0.2, 0.25) is 5.02 Å². The maximum absolute atomic E-state index is 6.47. The molecule has 0 spiro atoms. The van der Waals surface area contributed by atoms with Crippen molar-refractivity contribution in [1.82, 2.24) is 10.2 Å². The summed E-state index contributed by atoms with van der Waals surface area (Å²) in [5.41, 5.74) is 4.43. The second-order valence-electron chi connectivity index (χ2n) is 6.47. The Morgan fingerprint density at radius 3 is 2.48 bits per heavy atom. The van der Waals surface area contributed by atoms with Crippen molar-refractivity contribution in [3.63, 3.8) is 0 Å². The number of piperazine rings is 1. The molecule has 1 fully saturated rings. The highest BCUT2D eigenvalue weighted by Crippen LogP contribution is 2.28. The van der Waals surface area contributed by atoms with Gasteiger partial charge in [0.05, 0.1) is 0 Å². The van der Waals surface area contributed by atoms with Crippen LogP contribution in [0.3, 0.4) is 0 Å². The van der Waals surface area contributed by atoms with Gasteiger partial charge < -0.3 is 10.2 Å². The average Bonchev–Trinajstić information content (AvgIpc) is 2.53. The summed E-state index contributed by atoms with van der Waals surface area (Å²) in [5, 5.41) is 4.41. The van der Waals surface area contributed by atoms with E-state index >= 15 is 0 Å². The highest BCUT2D eigenvalue weighted by Gasteiger charge is 2.13. The van der Waals surface area contributed by atoms with E-state index in [1.54, 1.807) is 5.56 Å². The van der Waals surface area contributed by atoms with Gasteiger partial charge in [-0.2, -0.15) is 0 Å². The van der Waals surface area contributed by atoms with Gasteiger partial charge >= 0.3 is 0 Å². The van der Waals surface area contributed by atoms with Crippen molar-refractivity contribution in [2.24, 2.45) is 0 Å². The van der Waals surface area contributed by atoms with Gasteiger partial charge in [-0.15, -0.1) is 0 Å². The van der Waals surface area contributed by atoms with Crippen molar-refractivity contribution in [3.8, 4) is 0 Å². The topological polar surface area (TPSA) is 15.3 Å². The van der Waals surface area contributed by atoms with Crippen LogP contribution in [0.25, 0.3) is 0 Å². The Kier molecular flexibility index (Phi) is 5.56. The number of rotatable bonds is 5. The Balaban J connectivity index is 1.48. The van der Waals surface area contributed by atoms with Gasteiger partial charge in [0.2, 0.25) is 0 Å². The van der Waals surface area contributed by atoms with E-state index < -0.39 is 0 Å². The molecule has 2 nitrogen and oxygen atoms in total. The first kappa shape index (κ1) is 15.3. The molecular weight excluding hydrogens is 280 g/mol. The first-order valence-corrected chi connectivity index (χ1v) is 8.94. The minimum Gasteiger partial charge on any atom is -0.314 e. The minimum atomic E-state index is 0.998. The van der Waals surface area contributed by atoms with E-state index in [0.717, 1.165) is 24.5 Å². The molecule has 0 radical (unpaired) electrons. The Morgan fingerprint density at radius 2 is 1.71 bits per heavy atom. The standard InChI is InChI=1S/C18H27ClN2/c19-18-14-16-6-2-1-5-15(16)13-17(18)7-3-4-10-21-11-8-20-9-12-21/h13-14,20H,1-12H2. The van der Waals surface area contributed by atoms with Crippen molar-refractivity contribution in [1.29, 1.82) is 0 Å². The van der Waals surface area contributed by atoms with Crippen LogP contribution in [0.5, 0.6) is 0 Å². The van der Waals surface area contributed by atoms with Gasteiger partial charge in [0.15, 0.2) is 0 Å². The quantitative estimate of drug-likeness (QED) is 0.838. The number of halogens is 1. The summed E-state index contributed by atoms with van der Waals surface area (Å²) in [4.78, 5) is 2.57. The second-order valence-corrected chi connectivity index (χ2v) is 6.88. The zero-order valence-electron chi connectivity index (χ0n) is 13.0. The van der Waals surface area contributed by atoms with E-state index in [9.17, 15) is 0 Å². The van der Waals surface area contributed by atoms with Gasteiger partial charge in [0.25, 0.3) is 0 Å². The lowest BCUT2D eigenvalue weighted by Gasteiger charge is -2.27. The number of nitrogens with one attached hydrogen (secondary N) is 1. The molecule has 1 heterocycles.